The lowest BCUT2D eigenvalue weighted by Crippen LogP contribution is -2.40. The van der Waals surface area contributed by atoms with Crippen molar-refractivity contribution in [3.63, 3.8) is 0 Å². The zero-order valence-corrected chi connectivity index (χ0v) is 9.71. The Morgan fingerprint density at radius 3 is 2.54 bits per heavy atom. The highest BCUT2D eigenvalue weighted by atomic mass is 15.2. The predicted molar refractivity (Wildman–Crippen MR) is 58.9 cm³/mol. The molecule has 78 valence electrons. The van der Waals surface area contributed by atoms with Crippen LogP contribution in [0.25, 0.3) is 0 Å². The maximum atomic E-state index is 2.67. The van der Waals surface area contributed by atoms with Crippen LogP contribution in [0.5, 0.6) is 0 Å². The van der Waals surface area contributed by atoms with Crippen molar-refractivity contribution in [2.45, 2.75) is 53.0 Å². The monoisotopic (exact) mass is 183 g/mol. The molecule has 0 unspecified atom stereocenters. The summed E-state index contributed by atoms with van der Waals surface area (Å²) in [5, 5.41) is 0. The number of rotatable bonds is 3. The summed E-state index contributed by atoms with van der Waals surface area (Å²) in [6, 6.07) is 0.822. The molecule has 0 spiro atoms. The molecule has 1 rings (SSSR count). The van der Waals surface area contributed by atoms with Crippen LogP contribution < -0.4 is 0 Å². The minimum atomic E-state index is 0.822. The van der Waals surface area contributed by atoms with E-state index >= 15 is 0 Å². The normalized spacial score (nSPS) is 31.2. The molecule has 1 heteroatoms. The summed E-state index contributed by atoms with van der Waals surface area (Å²) in [7, 11) is 0. The Balaban J connectivity index is 2.25. The lowest BCUT2D eigenvalue weighted by Gasteiger charge is -2.36. The van der Waals surface area contributed by atoms with Crippen molar-refractivity contribution in [1.29, 1.82) is 0 Å². The minimum absolute atomic E-state index is 0.822. The third kappa shape index (κ3) is 3.68. The van der Waals surface area contributed by atoms with E-state index in [-0.39, 0.29) is 0 Å². The summed E-state index contributed by atoms with van der Waals surface area (Å²) in [5.41, 5.74) is 0. The third-order valence-corrected chi connectivity index (χ3v) is 3.27. The van der Waals surface area contributed by atoms with Gasteiger partial charge in [0.25, 0.3) is 0 Å². The Morgan fingerprint density at radius 2 is 2.00 bits per heavy atom. The van der Waals surface area contributed by atoms with E-state index in [4.69, 9.17) is 0 Å². The summed E-state index contributed by atoms with van der Waals surface area (Å²) < 4.78 is 0. The maximum absolute atomic E-state index is 2.67. The number of hydrogen-bond acceptors (Lipinski definition) is 1. The third-order valence-electron chi connectivity index (χ3n) is 3.27. The fraction of sp³-hybridized carbons (Fsp3) is 1.00. The van der Waals surface area contributed by atoms with E-state index in [1.165, 1.54) is 32.4 Å². The van der Waals surface area contributed by atoms with Crippen LogP contribution in [0.3, 0.4) is 0 Å². The van der Waals surface area contributed by atoms with Gasteiger partial charge in [-0.25, -0.2) is 0 Å². The first-order valence-corrected chi connectivity index (χ1v) is 5.83. The van der Waals surface area contributed by atoms with Gasteiger partial charge in [-0.15, -0.1) is 0 Å². The standard InChI is InChI=1S/C12H25N/c1-10(2)5-7-13-8-6-11(3)9-12(13)4/h10-12H,5-9H2,1-4H3/t11-,12-/m0/s1. The largest absolute Gasteiger partial charge is 0.301 e. The molecule has 1 aliphatic rings. The molecule has 0 aromatic heterocycles. The van der Waals surface area contributed by atoms with Crippen LogP contribution in [0.4, 0.5) is 0 Å². The summed E-state index contributed by atoms with van der Waals surface area (Å²) in [5.74, 6) is 1.80. The van der Waals surface area contributed by atoms with Crippen LogP contribution in [-0.4, -0.2) is 24.0 Å². The number of nitrogens with zero attached hydrogens (tertiary/aromatic N) is 1. The molecule has 0 saturated carbocycles. The predicted octanol–water partition coefficient (Wildman–Crippen LogP) is 3.15. The molecule has 2 atom stereocenters. The molecule has 0 aromatic rings. The van der Waals surface area contributed by atoms with E-state index < -0.39 is 0 Å². The van der Waals surface area contributed by atoms with Crippen LogP contribution in [0, 0.1) is 11.8 Å². The van der Waals surface area contributed by atoms with Crippen molar-refractivity contribution in [3.8, 4) is 0 Å². The lowest BCUT2D eigenvalue weighted by molar-refractivity contribution is 0.123. The van der Waals surface area contributed by atoms with Crippen LogP contribution >= 0.6 is 0 Å². The summed E-state index contributed by atoms with van der Waals surface area (Å²) in [6.07, 6.45) is 4.17. The van der Waals surface area contributed by atoms with Crippen molar-refractivity contribution in [2.24, 2.45) is 11.8 Å². The van der Waals surface area contributed by atoms with Crippen LogP contribution in [0.1, 0.15) is 47.0 Å². The Hall–Kier alpha value is -0.0400. The number of piperidine rings is 1. The second-order valence-corrected chi connectivity index (χ2v) is 5.20. The topological polar surface area (TPSA) is 3.24 Å². The van der Waals surface area contributed by atoms with Crippen molar-refractivity contribution >= 4 is 0 Å². The highest BCUT2D eigenvalue weighted by Crippen LogP contribution is 2.22. The van der Waals surface area contributed by atoms with Gasteiger partial charge in [0, 0.05) is 6.04 Å². The molecule has 0 amide bonds. The average molecular weight is 183 g/mol. The average Bonchev–Trinajstić information content (AvgIpc) is 2.02. The van der Waals surface area contributed by atoms with Gasteiger partial charge in [-0.3, -0.25) is 0 Å². The van der Waals surface area contributed by atoms with Gasteiger partial charge in [-0.05, 0) is 51.1 Å². The Bertz CT molecular complexity index is 142. The molecule has 1 saturated heterocycles. The Kier molecular flexibility index (Phi) is 4.24. The van der Waals surface area contributed by atoms with E-state index in [1.807, 2.05) is 0 Å². The molecular weight excluding hydrogens is 158 g/mol. The van der Waals surface area contributed by atoms with Gasteiger partial charge in [0.2, 0.25) is 0 Å². The van der Waals surface area contributed by atoms with E-state index in [0.29, 0.717) is 0 Å². The van der Waals surface area contributed by atoms with Gasteiger partial charge in [0.15, 0.2) is 0 Å². The molecule has 1 heterocycles. The minimum Gasteiger partial charge on any atom is -0.301 e. The lowest BCUT2D eigenvalue weighted by atomic mass is 9.93. The zero-order valence-electron chi connectivity index (χ0n) is 9.71. The fourth-order valence-electron chi connectivity index (χ4n) is 2.21. The van der Waals surface area contributed by atoms with E-state index in [9.17, 15) is 0 Å². The van der Waals surface area contributed by atoms with Crippen LogP contribution in [0.15, 0.2) is 0 Å². The number of hydrogen-bond donors (Lipinski definition) is 0. The SMILES string of the molecule is CC(C)CCN1CC[C@H](C)C[C@@H]1C. The molecule has 1 nitrogen and oxygen atoms in total. The Labute approximate surface area is 83.5 Å². The quantitative estimate of drug-likeness (QED) is 0.649. The summed E-state index contributed by atoms with van der Waals surface area (Å²) in [6.45, 7) is 12.0. The van der Waals surface area contributed by atoms with Crippen molar-refractivity contribution < 1.29 is 0 Å². The van der Waals surface area contributed by atoms with Crippen molar-refractivity contribution in [3.05, 3.63) is 0 Å². The highest BCUT2D eigenvalue weighted by Gasteiger charge is 2.22. The van der Waals surface area contributed by atoms with Gasteiger partial charge in [-0.2, -0.15) is 0 Å². The highest BCUT2D eigenvalue weighted by molar-refractivity contribution is 4.76. The van der Waals surface area contributed by atoms with E-state index in [2.05, 4.69) is 32.6 Å². The number of likely N-dealkylation sites (tertiary alicyclic amines) is 1. The van der Waals surface area contributed by atoms with Gasteiger partial charge in [0.1, 0.15) is 0 Å². The van der Waals surface area contributed by atoms with Gasteiger partial charge >= 0.3 is 0 Å². The molecule has 0 aromatic carbocycles. The fourth-order valence-corrected chi connectivity index (χ4v) is 2.21. The first-order valence-electron chi connectivity index (χ1n) is 5.83. The molecule has 1 aliphatic heterocycles. The van der Waals surface area contributed by atoms with Crippen LogP contribution in [0.2, 0.25) is 0 Å². The van der Waals surface area contributed by atoms with E-state index in [1.54, 1.807) is 0 Å². The smallest absolute Gasteiger partial charge is 0.00694 e. The second kappa shape index (κ2) is 4.99. The molecular formula is C12H25N. The van der Waals surface area contributed by atoms with Crippen LogP contribution in [-0.2, 0) is 0 Å². The summed E-state index contributed by atoms with van der Waals surface area (Å²) in [4.78, 5) is 2.67. The molecule has 0 radical (unpaired) electrons. The van der Waals surface area contributed by atoms with Crippen molar-refractivity contribution in [2.75, 3.05) is 13.1 Å². The molecule has 0 aliphatic carbocycles. The first-order chi connectivity index (χ1) is 6.09. The summed E-state index contributed by atoms with van der Waals surface area (Å²) >= 11 is 0. The zero-order chi connectivity index (χ0) is 9.84. The molecule has 0 bridgehead atoms. The molecule has 13 heavy (non-hydrogen) atoms. The second-order valence-electron chi connectivity index (χ2n) is 5.20. The Morgan fingerprint density at radius 1 is 1.31 bits per heavy atom. The van der Waals surface area contributed by atoms with Gasteiger partial charge in [-0.1, -0.05) is 20.8 Å². The maximum Gasteiger partial charge on any atom is 0.00694 e. The van der Waals surface area contributed by atoms with E-state index in [0.717, 1.165) is 17.9 Å². The first kappa shape index (κ1) is 11.0. The molecule has 0 N–H and O–H groups in total. The van der Waals surface area contributed by atoms with Crippen molar-refractivity contribution in [1.82, 2.24) is 4.90 Å². The van der Waals surface area contributed by atoms with Gasteiger partial charge < -0.3 is 4.90 Å². The van der Waals surface area contributed by atoms with Gasteiger partial charge in [0.05, 0.1) is 0 Å². The molecule has 1 fully saturated rings.